The van der Waals surface area contributed by atoms with E-state index in [1.165, 1.54) is 6.92 Å². The molecule has 384 valence electrons. The zero-order valence-corrected chi connectivity index (χ0v) is 40.6. The summed E-state index contributed by atoms with van der Waals surface area (Å²) in [5.41, 5.74) is 6.87. The second-order valence-electron chi connectivity index (χ2n) is 18.4. The molecule has 1 aromatic rings. The van der Waals surface area contributed by atoms with E-state index < -0.39 is 146 Å². The summed E-state index contributed by atoms with van der Waals surface area (Å²) >= 11 is 0. The van der Waals surface area contributed by atoms with E-state index in [9.17, 15) is 63.6 Å². The molecule has 0 saturated carbocycles. The third-order valence-corrected chi connectivity index (χ3v) is 11.8. The molecule has 68 heavy (non-hydrogen) atoms. The van der Waals surface area contributed by atoms with Crippen molar-refractivity contribution in [1.82, 2.24) is 21.3 Å². The highest BCUT2D eigenvalue weighted by Crippen LogP contribution is 2.22. The fourth-order valence-electron chi connectivity index (χ4n) is 7.19. The number of unbranched alkanes of at least 4 members (excludes halogenated alkanes) is 2. The zero-order chi connectivity index (χ0) is 51.7. The number of nitrogens with one attached hydrogen (secondary N) is 4. The van der Waals surface area contributed by atoms with Gasteiger partial charge in [0.1, 0.15) is 18.7 Å². The number of nitrogens with two attached hydrogens (primary N) is 1. The van der Waals surface area contributed by atoms with Gasteiger partial charge in [-0.05, 0) is 49.5 Å². The molecule has 0 aliphatic heterocycles. The summed E-state index contributed by atoms with van der Waals surface area (Å²) in [6, 6.07) is 3.93. The highest BCUT2D eigenvalue weighted by molar-refractivity contribution is 5.97. The van der Waals surface area contributed by atoms with E-state index in [-0.39, 0.29) is 44.1 Å². The van der Waals surface area contributed by atoms with Crippen LogP contribution in [0.5, 0.6) is 0 Å². The van der Waals surface area contributed by atoms with Crippen LogP contribution in [-0.4, -0.2) is 135 Å². The quantitative estimate of drug-likeness (QED) is 0.0333. The summed E-state index contributed by atoms with van der Waals surface area (Å²) in [5, 5.41) is 58.8. The van der Waals surface area contributed by atoms with E-state index in [2.05, 4.69) is 16.0 Å². The number of amides is 4. The number of hydrogen-bond donors (Lipinski definition) is 10. The van der Waals surface area contributed by atoms with Gasteiger partial charge in [0.15, 0.2) is 17.3 Å². The molecule has 1 unspecified atom stereocenters. The van der Waals surface area contributed by atoms with E-state index in [0.29, 0.717) is 25.7 Å². The Labute approximate surface area is 399 Å². The molecule has 0 saturated heterocycles. The minimum atomic E-state index is -1.68. The number of ether oxygens (including phenoxy) is 1. The topological polar surface area (TPSA) is 338 Å². The van der Waals surface area contributed by atoms with Crippen LogP contribution in [0, 0.1) is 35.5 Å². The summed E-state index contributed by atoms with van der Waals surface area (Å²) in [5.74, 6) is -11.9. The summed E-state index contributed by atoms with van der Waals surface area (Å²) in [6.45, 7) is 9.46. The van der Waals surface area contributed by atoms with Crippen LogP contribution >= 0.6 is 0 Å². The summed E-state index contributed by atoms with van der Waals surface area (Å²) < 4.78 is 5.37. The first kappa shape index (κ1) is 60.9. The minimum Gasteiger partial charge on any atom is -0.480 e. The Hall–Kier alpha value is -5.15. The van der Waals surface area contributed by atoms with Gasteiger partial charge in [-0.25, -0.2) is 4.79 Å². The van der Waals surface area contributed by atoms with E-state index in [4.69, 9.17) is 15.6 Å². The normalized spacial score (nSPS) is 15.9. The molecule has 0 bridgehead atoms. The van der Waals surface area contributed by atoms with Crippen molar-refractivity contribution in [2.75, 3.05) is 19.8 Å². The lowest BCUT2D eigenvalue weighted by Crippen LogP contribution is -2.54. The zero-order valence-electron chi connectivity index (χ0n) is 40.6. The van der Waals surface area contributed by atoms with Crippen molar-refractivity contribution in [3.8, 4) is 0 Å². The number of carboxylic acids is 1. The average molecular weight is 964 g/mol. The van der Waals surface area contributed by atoms with Gasteiger partial charge in [0.05, 0.1) is 55.9 Å². The van der Waals surface area contributed by atoms with Crippen LogP contribution in [0.25, 0.3) is 0 Å². The third-order valence-electron chi connectivity index (χ3n) is 11.8. The molecule has 0 radical (unpaired) electrons. The van der Waals surface area contributed by atoms with Gasteiger partial charge in [-0.3, -0.25) is 38.4 Å². The molecule has 1 aromatic carbocycles. The predicted molar refractivity (Wildman–Crippen MR) is 249 cm³/mol. The Bertz CT molecular complexity index is 1790. The van der Waals surface area contributed by atoms with Gasteiger partial charge in [-0.15, -0.1) is 0 Å². The van der Waals surface area contributed by atoms with Gasteiger partial charge >= 0.3 is 11.9 Å². The highest BCUT2D eigenvalue weighted by atomic mass is 16.5. The smallest absolute Gasteiger partial charge is 0.328 e. The first-order valence-electron chi connectivity index (χ1n) is 23.5. The lowest BCUT2D eigenvalue weighted by molar-refractivity contribution is -0.145. The molecule has 0 aliphatic carbocycles. The summed E-state index contributed by atoms with van der Waals surface area (Å²) in [6.07, 6.45) is -2.00. The number of carboxylic acid groups (broad SMARTS) is 1. The monoisotopic (exact) mass is 964 g/mol. The van der Waals surface area contributed by atoms with Gasteiger partial charge < -0.3 is 57.3 Å². The number of Topliss-reactive ketones (excluding diaryl/α,β-unsaturated/α-hetero) is 3. The number of aliphatic hydroxyl groups excluding tert-OH is 4. The largest absolute Gasteiger partial charge is 0.480 e. The molecule has 20 heteroatoms. The number of rotatable bonds is 35. The van der Waals surface area contributed by atoms with Crippen molar-refractivity contribution in [1.29, 1.82) is 0 Å². The first-order chi connectivity index (χ1) is 32.0. The van der Waals surface area contributed by atoms with Crippen LogP contribution in [0.3, 0.4) is 0 Å². The third kappa shape index (κ3) is 22.3. The maximum absolute atomic E-state index is 14.3. The van der Waals surface area contributed by atoms with Crippen molar-refractivity contribution in [2.24, 2.45) is 41.2 Å². The average Bonchev–Trinajstić information content (AvgIpc) is 3.29. The lowest BCUT2D eigenvalue weighted by Gasteiger charge is -2.29. The Morgan fingerprint density at radius 3 is 1.87 bits per heavy atom. The molecule has 1 rings (SSSR count). The molecule has 4 amide bonds. The number of esters is 1. The summed E-state index contributed by atoms with van der Waals surface area (Å²) in [7, 11) is 0. The number of benzene rings is 1. The summed E-state index contributed by atoms with van der Waals surface area (Å²) in [4.78, 5) is 118. The van der Waals surface area contributed by atoms with Crippen LogP contribution in [0.1, 0.15) is 118 Å². The predicted octanol–water partition coefficient (Wildman–Crippen LogP) is 0.864. The molecule has 11 N–H and O–H groups in total. The van der Waals surface area contributed by atoms with Gasteiger partial charge in [-0.1, -0.05) is 91.1 Å². The Morgan fingerprint density at radius 1 is 0.706 bits per heavy atom. The molecule has 0 fully saturated rings. The highest BCUT2D eigenvalue weighted by Gasteiger charge is 2.36. The van der Waals surface area contributed by atoms with Crippen LogP contribution in [0.4, 0.5) is 0 Å². The standard InChI is InChI=1S/C48H77N5O15/c1-8-29(6)42(39(59)22-35(30(7)56)46(64)50-23-34(57)20-33(24-54)45(63)52-37(25-55)48(66)67)53-44(62)32(17-13-10-14-18-40(60)68-26-31-15-11-9-12-16-31)21-38(58)36(19-27(2)3)51-47(65)41(49)43(61)28(4)5/h9,11-12,15-16,27-30,32-33,35-37,41-43,54-56,61H,8,10,13-14,17-26,49H2,1-7H3,(H,50,64)(H,51,65)(H,52,63)(H,53,62)(H,66,67)/t29-,30-,32-,33-,35-,36-,37-,41?,42-,43+/m0/s1. The molecule has 20 nitrogen and oxygen atoms in total. The van der Waals surface area contributed by atoms with Crippen LogP contribution in [-0.2, 0) is 54.5 Å². The Balaban J connectivity index is 3.25. The van der Waals surface area contributed by atoms with Crippen LogP contribution < -0.4 is 27.0 Å². The molecule has 0 aromatic heterocycles. The fourth-order valence-corrected chi connectivity index (χ4v) is 7.19. The van der Waals surface area contributed by atoms with Gasteiger partial charge in [0, 0.05) is 31.6 Å². The first-order valence-corrected chi connectivity index (χ1v) is 23.5. The Kier molecular flexibility index (Phi) is 28.5. The number of hydrogen-bond acceptors (Lipinski definition) is 15. The minimum absolute atomic E-state index is 0.0797. The number of aliphatic hydroxyl groups is 4. The van der Waals surface area contributed by atoms with Gasteiger partial charge in [-0.2, -0.15) is 0 Å². The van der Waals surface area contributed by atoms with Gasteiger partial charge in [0.2, 0.25) is 23.6 Å². The number of carbonyl (C=O) groups is 9. The maximum atomic E-state index is 14.3. The number of ketones is 3. The van der Waals surface area contributed by atoms with Crippen molar-refractivity contribution in [3.63, 3.8) is 0 Å². The molecule has 0 heterocycles. The molecular weight excluding hydrogens is 887 g/mol. The molecule has 0 aliphatic rings. The fraction of sp³-hybridized carbons (Fsp3) is 0.688. The van der Waals surface area contributed by atoms with Crippen molar-refractivity contribution < 1.29 is 73.4 Å². The van der Waals surface area contributed by atoms with E-state index in [1.54, 1.807) is 27.7 Å². The van der Waals surface area contributed by atoms with E-state index in [0.717, 1.165) is 5.56 Å². The molecule has 10 atom stereocenters. The van der Waals surface area contributed by atoms with Crippen molar-refractivity contribution in [2.45, 2.75) is 156 Å². The van der Waals surface area contributed by atoms with Crippen LogP contribution in [0.15, 0.2) is 30.3 Å². The molecular formula is C48H77N5O15. The van der Waals surface area contributed by atoms with Crippen LogP contribution in [0.2, 0.25) is 0 Å². The van der Waals surface area contributed by atoms with Gasteiger partial charge in [0.25, 0.3) is 0 Å². The SMILES string of the molecule is CC[C@H](C)[C@H](NC(=O)[C@@H](CCCCCC(=O)OCc1ccccc1)CC(=O)[C@H](CC(C)C)NC(=O)C(N)[C@H](O)C(C)C)C(=O)C[C@H](C(=O)NCC(=O)C[C@@H](CO)C(=O)N[C@@H](CO)C(=O)O)[C@H](C)O. The van der Waals surface area contributed by atoms with Crippen molar-refractivity contribution in [3.05, 3.63) is 35.9 Å². The number of carbonyl (C=O) groups excluding carboxylic acids is 8. The van der Waals surface area contributed by atoms with E-state index in [1.807, 2.05) is 49.5 Å². The second kappa shape index (κ2) is 31.8. The maximum Gasteiger partial charge on any atom is 0.328 e. The lowest BCUT2D eigenvalue weighted by atomic mass is 9.86. The molecule has 0 spiro atoms. The number of aliphatic carboxylic acids is 1. The van der Waals surface area contributed by atoms with E-state index >= 15 is 0 Å². The Morgan fingerprint density at radius 2 is 1.32 bits per heavy atom. The van der Waals surface area contributed by atoms with Crippen molar-refractivity contribution >= 4 is 52.9 Å². The second-order valence-corrected chi connectivity index (χ2v) is 18.4.